The minimum Gasteiger partial charge on any atom is -0.496 e. The Morgan fingerprint density at radius 3 is 2.61 bits per heavy atom. The van der Waals surface area contributed by atoms with Gasteiger partial charge in [0.15, 0.2) is 0 Å². The molecule has 0 radical (unpaired) electrons. The molecule has 9 nitrogen and oxygen atoms in total. The average Bonchev–Trinajstić information content (AvgIpc) is 3.43. The largest absolute Gasteiger partial charge is 0.496 e. The number of amides is 2. The Bertz CT molecular complexity index is 1410. The fraction of sp³-hybridized carbons (Fsp3) is 0.269. The van der Waals surface area contributed by atoms with Crippen molar-refractivity contribution in [2.45, 2.75) is 18.8 Å². The van der Waals surface area contributed by atoms with E-state index in [4.69, 9.17) is 9.47 Å². The molecule has 184 valence electrons. The van der Waals surface area contributed by atoms with E-state index >= 15 is 0 Å². The van der Waals surface area contributed by atoms with Crippen LogP contribution in [0.3, 0.4) is 0 Å². The Kier molecular flexibility index (Phi) is 6.77. The molecule has 0 atom stereocenters. The summed E-state index contributed by atoms with van der Waals surface area (Å²) >= 11 is 1.47. The molecule has 0 aliphatic carbocycles. The number of thiazole rings is 1. The van der Waals surface area contributed by atoms with Crippen molar-refractivity contribution in [2.24, 2.45) is 0 Å². The molecule has 36 heavy (non-hydrogen) atoms. The third-order valence-electron chi connectivity index (χ3n) is 6.22. The van der Waals surface area contributed by atoms with E-state index in [9.17, 15) is 9.59 Å². The maximum absolute atomic E-state index is 13.2. The predicted molar refractivity (Wildman–Crippen MR) is 137 cm³/mol. The quantitative estimate of drug-likeness (QED) is 0.416. The molecular weight excluding hydrogens is 478 g/mol. The monoisotopic (exact) mass is 503 g/mol. The number of para-hydroxylation sites is 1. The Morgan fingerprint density at radius 2 is 1.83 bits per heavy atom. The molecular formula is C26H25N5O4S. The van der Waals surface area contributed by atoms with Crippen molar-refractivity contribution in [3.8, 4) is 11.6 Å². The number of nitrogens with one attached hydrogen (secondary N) is 1. The van der Waals surface area contributed by atoms with Gasteiger partial charge in [0.1, 0.15) is 22.8 Å². The number of hydrogen-bond acceptors (Lipinski definition) is 8. The Hall–Kier alpha value is -4.05. The van der Waals surface area contributed by atoms with E-state index < -0.39 is 0 Å². The second kappa shape index (κ2) is 10.3. The molecule has 1 fully saturated rings. The van der Waals surface area contributed by atoms with Gasteiger partial charge < -0.3 is 19.7 Å². The van der Waals surface area contributed by atoms with Crippen molar-refractivity contribution in [1.82, 2.24) is 19.9 Å². The minimum absolute atomic E-state index is 0.109. The van der Waals surface area contributed by atoms with E-state index in [0.717, 1.165) is 28.8 Å². The molecule has 0 saturated carbocycles. The van der Waals surface area contributed by atoms with Crippen LogP contribution >= 0.6 is 11.3 Å². The minimum atomic E-state index is -0.312. The maximum Gasteiger partial charge on any atom is 0.275 e. The molecule has 10 heteroatoms. The van der Waals surface area contributed by atoms with Gasteiger partial charge in [0.25, 0.3) is 11.8 Å². The lowest BCUT2D eigenvalue weighted by Crippen LogP contribution is -2.38. The van der Waals surface area contributed by atoms with Gasteiger partial charge in [-0.2, -0.15) is 0 Å². The summed E-state index contributed by atoms with van der Waals surface area (Å²) in [5.74, 6) is 0.746. The average molecular weight is 504 g/mol. The van der Waals surface area contributed by atoms with Crippen LogP contribution in [0.1, 0.15) is 44.7 Å². The number of benzene rings is 1. The van der Waals surface area contributed by atoms with Crippen LogP contribution in [0.5, 0.6) is 11.6 Å². The number of piperidine rings is 1. The number of methoxy groups -OCH3 is 2. The lowest BCUT2D eigenvalue weighted by atomic mass is 9.97. The van der Waals surface area contributed by atoms with E-state index in [0.29, 0.717) is 41.8 Å². The Balaban J connectivity index is 1.23. The van der Waals surface area contributed by atoms with E-state index in [-0.39, 0.29) is 17.7 Å². The number of likely N-dealkylation sites (tertiary alicyclic amines) is 1. The van der Waals surface area contributed by atoms with E-state index in [1.165, 1.54) is 18.4 Å². The second-order valence-corrected chi connectivity index (χ2v) is 9.27. The normalized spacial score (nSPS) is 14.0. The predicted octanol–water partition coefficient (Wildman–Crippen LogP) is 4.38. The zero-order valence-corrected chi connectivity index (χ0v) is 20.7. The summed E-state index contributed by atoms with van der Waals surface area (Å²) in [6.07, 6.45) is 3.13. The first kappa shape index (κ1) is 23.7. The van der Waals surface area contributed by atoms with Gasteiger partial charge in [-0.05, 0) is 37.1 Å². The zero-order chi connectivity index (χ0) is 25.1. The summed E-state index contributed by atoms with van der Waals surface area (Å²) in [6, 6.07) is 12.8. The van der Waals surface area contributed by atoms with E-state index in [1.54, 1.807) is 36.9 Å². The molecule has 0 bridgehead atoms. The molecule has 1 saturated heterocycles. The number of fused-ring (bicyclic) bond motifs is 1. The number of carbonyl (C=O) groups excluding carboxylic acids is 2. The highest BCUT2D eigenvalue weighted by Crippen LogP contribution is 2.32. The standard InChI is InChI=1S/C26H25N5O4S/c1-34-22-14-20(28-18-7-4-3-6-17(18)22)26(33)31-12-9-16(10-13-31)25-30-21(15-36-25)23(32)29-19-8-5-11-27-24(19)35-2/h3-8,11,14-16H,9-10,12-13H2,1-2H3,(H,29,32). The van der Waals surface area contributed by atoms with Crippen LogP contribution in [0.15, 0.2) is 54.0 Å². The summed E-state index contributed by atoms with van der Waals surface area (Å²) in [6.45, 7) is 1.18. The molecule has 3 aromatic heterocycles. The van der Waals surface area contributed by atoms with Crippen LogP contribution in [0.4, 0.5) is 5.69 Å². The smallest absolute Gasteiger partial charge is 0.275 e. The van der Waals surface area contributed by atoms with Crippen molar-refractivity contribution < 1.29 is 19.1 Å². The fourth-order valence-electron chi connectivity index (χ4n) is 4.33. The summed E-state index contributed by atoms with van der Waals surface area (Å²) < 4.78 is 10.7. The molecule has 1 N–H and O–H groups in total. The highest BCUT2D eigenvalue weighted by Gasteiger charge is 2.28. The molecule has 1 aliphatic rings. The molecule has 1 aliphatic heterocycles. The molecule has 5 rings (SSSR count). The number of aromatic nitrogens is 3. The number of rotatable bonds is 6. The van der Waals surface area contributed by atoms with Crippen molar-refractivity contribution in [1.29, 1.82) is 0 Å². The Labute approximate surface area is 212 Å². The molecule has 4 aromatic rings. The third-order valence-corrected chi connectivity index (χ3v) is 7.22. The van der Waals surface area contributed by atoms with Crippen LogP contribution in [-0.4, -0.2) is 59.0 Å². The second-order valence-electron chi connectivity index (χ2n) is 8.38. The number of pyridine rings is 2. The first-order chi connectivity index (χ1) is 17.6. The summed E-state index contributed by atoms with van der Waals surface area (Å²) in [5.41, 5.74) is 1.95. The molecule has 4 heterocycles. The molecule has 2 amide bonds. The summed E-state index contributed by atoms with van der Waals surface area (Å²) in [5, 5.41) is 6.34. The number of hydrogen-bond donors (Lipinski definition) is 1. The van der Waals surface area contributed by atoms with Gasteiger partial charge >= 0.3 is 0 Å². The number of carbonyl (C=O) groups is 2. The van der Waals surface area contributed by atoms with Gasteiger partial charge in [-0.15, -0.1) is 11.3 Å². The van der Waals surface area contributed by atoms with Crippen LogP contribution in [-0.2, 0) is 0 Å². The number of nitrogens with zero attached hydrogens (tertiary/aromatic N) is 4. The van der Waals surface area contributed by atoms with E-state index in [2.05, 4.69) is 20.3 Å². The molecule has 1 aromatic carbocycles. The van der Waals surface area contributed by atoms with Crippen molar-refractivity contribution >= 4 is 39.7 Å². The lowest BCUT2D eigenvalue weighted by molar-refractivity contribution is 0.0707. The van der Waals surface area contributed by atoms with Crippen molar-refractivity contribution in [3.05, 3.63) is 70.4 Å². The van der Waals surface area contributed by atoms with Crippen molar-refractivity contribution in [3.63, 3.8) is 0 Å². The zero-order valence-electron chi connectivity index (χ0n) is 19.9. The van der Waals surface area contributed by atoms with Crippen molar-refractivity contribution in [2.75, 3.05) is 32.6 Å². The molecule has 0 spiro atoms. The first-order valence-electron chi connectivity index (χ1n) is 11.6. The van der Waals surface area contributed by atoms with Crippen LogP contribution < -0.4 is 14.8 Å². The summed E-state index contributed by atoms with van der Waals surface area (Å²) in [7, 11) is 3.10. The lowest BCUT2D eigenvalue weighted by Gasteiger charge is -2.31. The van der Waals surface area contributed by atoms with Gasteiger partial charge in [0.05, 0.1) is 24.7 Å². The maximum atomic E-state index is 13.2. The van der Waals surface area contributed by atoms with E-state index in [1.807, 2.05) is 29.2 Å². The van der Waals surface area contributed by atoms with Crippen LogP contribution in [0.2, 0.25) is 0 Å². The van der Waals surface area contributed by atoms with Gasteiger partial charge in [0, 0.05) is 42.0 Å². The fourth-order valence-corrected chi connectivity index (χ4v) is 5.30. The number of ether oxygens (including phenoxy) is 2. The summed E-state index contributed by atoms with van der Waals surface area (Å²) in [4.78, 5) is 41.0. The highest BCUT2D eigenvalue weighted by atomic mass is 32.1. The van der Waals surface area contributed by atoms with Crippen LogP contribution in [0, 0.1) is 0 Å². The molecule has 0 unspecified atom stereocenters. The van der Waals surface area contributed by atoms with Crippen LogP contribution in [0.25, 0.3) is 10.9 Å². The van der Waals surface area contributed by atoms with Gasteiger partial charge in [-0.25, -0.2) is 15.0 Å². The SMILES string of the molecule is COc1ncccc1NC(=O)c1csc(C2CCN(C(=O)c3cc(OC)c4ccccc4n3)CC2)n1. The van der Waals surface area contributed by atoms with Gasteiger partial charge in [-0.3, -0.25) is 9.59 Å². The third kappa shape index (κ3) is 4.72. The first-order valence-corrected chi connectivity index (χ1v) is 12.4. The topological polar surface area (TPSA) is 107 Å². The number of anilines is 1. The van der Waals surface area contributed by atoms with Gasteiger partial charge in [-0.1, -0.05) is 12.1 Å². The highest BCUT2D eigenvalue weighted by molar-refractivity contribution is 7.10. The van der Waals surface area contributed by atoms with Gasteiger partial charge in [0.2, 0.25) is 5.88 Å². The Morgan fingerprint density at radius 1 is 1.03 bits per heavy atom.